The Hall–Kier alpha value is -2.92. The molecule has 2 amide bonds. The second kappa shape index (κ2) is 10.8. The van der Waals surface area contributed by atoms with Crippen molar-refractivity contribution in [3.63, 3.8) is 0 Å². The Bertz CT molecular complexity index is 1110. The predicted octanol–water partition coefficient (Wildman–Crippen LogP) is 5.11. The van der Waals surface area contributed by atoms with Gasteiger partial charge in [-0.1, -0.05) is 55.5 Å². The molecule has 2 aromatic carbocycles. The van der Waals surface area contributed by atoms with Crippen LogP contribution in [0.5, 0.6) is 0 Å². The average Bonchev–Trinajstić information content (AvgIpc) is 3.47. The van der Waals surface area contributed by atoms with Crippen LogP contribution in [0.15, 0.2) is 48.5 Å². The summed E-state index contributed by atoms with van der Waals surface area (Å²) < 4.78 is 0. The normalized spacial score (nSPS) is 21.3. The number of carbonyl (C=O) groups excluding carboxylic acids is 2. The number of hydrogen-bond acceptors (Lipinski definition) is 3. The molecule has 2 aliphatic heterocycles. The van der Waals surface area contributed by atoms with Gasteiger partial charge >= 0.3 is 0 Å². The summed E-state index contributed by atoms with van der Waals surface area (Å²) in [6.07, 6.45) is 12.1. The van der Waals surface area contributed by atoms with Gasteiger partial charge in [0.25, 0.3) is 5.91 Å². The van der Waals surface area contributed by atoms with Gasteiger partial charge in [0.15, 0.2) is 0 Å². The molecule has 0 saturated carbocycles. The number of nitrogens with one attached hydrogen (secondary N) is 1. The van der Waals surface area contributed by atoms with Crippen LogP contribution >= 0.6 is 0 Å². The minimum Gasteiger partial charge on any atom is -0.355 e. The maximum absolute atomic E-state index is 13.1. The molecule has 2 unspecified atom stereocenters. The number of amides is 2. The lowest BCUT2D eigenvalue weighted by Crippen LogP contribution is -2.51. The Morgan fingerprint density at radius 3 is 2.83 bits per heavy atom. The van der Waals surface area contributed by atoms with Crippen molar-refractivity contribution in [2.75, 3.05) is 19.6 Å². The smallest absolute Gasteiger partial charge is 0.255 e. The fourth-order valence-corrected chi connectivity index (χ4v) is 5.94. The van der Waals surface area contributed by atoms with Crippen LogP contribution in [-0.4, -0.2) is 47.4 Å². The van der Waals surface area contributed by atoms with Crippen molar-refractivity contribution in [2.24, 2.45) is 0 Å². The van der Waals surface area contributed by atoms with Crippen molar-refractivity contribution in [3.05, 3.63) is 76.4 Å². The van der Waals surface area contributed by atoms with Crippen molar-refractivity contribution in [1.29, 1.82) is 0 Å². The number of likely N-dealkylation sites (tertiary alicyclic amines) is 1. The lowest BCUT2D eigenvalue weighted by atomic mass is 9.94. The maximum Gasteiger partial charge on any atom is 0.255 e. The van der Waals surface area contributed by atoms with Crippen LogP contribution in [-0.2, 0) is 17.8 Å². The fraction of sp³-hybridized carbons (Fsp3) is 0.467. The number of fused-ring (bicyclic) bond motifs is 2. The Morgan fingerprint density at radius 2 is 1.97 bits per heavy atom. The summed E-state index contributed by atoms with van der Waals surface area (Å²) in [7, 11) is 0. The van der Waals surface area contributed by atoms with Gasteiger partial charge in [0, 0.05) is 31.7 Å². The summed E-state index contributed by atoms with van der Waals surface area (Å²) >= 11 is 0. The Morgan fingerprint density at radius 1 is 1.09 bits per heavy atom. The van der Waals surface area contributed by atoms with Crippen molar-refractivity contribution < 1.29 is 9.59 Å². The number of benzene rings is 2. The molecule has 5 rings (SSSR count). The lowest BCUT2D eigenvalue weighted by molar-refractivity contribution is -0.121. The van der Waals surface area contributed by atoms with E-state index in [0.717, 1.165) is 75.0 Å². The van der Waals surface area contributed by atoms with Gasteiger partial charge in [-0.05, 0) is 73.3 Å². The number of piperidine rings is 1. The van der Waals surface area contributed by atoms with E-state index in [2.05, 4.69) is 52.4 Å². The van der Waals surface area contributed by atoms with E-state index in [1.807, 2.05) is 24.3 Å². The zero-order valence-electron chi connectivity index (χ0n) is 20.8. The van der Waals surface area contributed by atoms with Crippen molar-refractivity contribution in [2.45, 2.75) is 70.5 Å². The van der Waals surface area contributed by atoms with E-state index in [4.69, 9.17) is 0 Å². The molecule has 1 saturated heterocycles. The van der Waals surface area contributed by atoms with Gasteiger partial charge in [-0.2, -0.15) is 0 Å². The maximum atomic E-state index is 13.1. The number of carbonyl (C=O) groups is 2. The molecule has 2 aromatic rings. The molecular formula is C30H37N3O2. The first kappa shape index (κ1) is 23.8. The Labute approximate surface area is 209 Å². The largest absolute Gasteiger partial charge is 0.355 e. The van der Waals surface area contributed by atoms with Gasteiger partial charge < -0.3 is 10.2 Å². The molecule has 2 heterocycles. The topological polar surface area (TPSA) is 52.7 Å². The van der Waals surface area contributed by atoms with Gasteiger partial charge in [0.1, 0.15) is 0 Å². The third kappa shape index (κ3) is 4.92. The monoisotopic (exact) mass is 471 g/mol. The molecule has 2 atom stereocenters. The van der Waals surface area contributed by atoms with Crippen molar-refractivity contribution >= 4 is 17.9 Å². The number of hydrogen-bond donors (Lipinski definition) is 1. The third-order valence-electron chi connectivity index (χ3n) is 7.78. The zero-order chi connectivity index (χ0) is 24.2. The van der Waals surface area contributed by atoms with Crippen LogP contribution in [0.3, 0.4) is 0 Å². The number of unbranched alkanes of at least 4 members (excludes halogenated alkanes) is 1. The summed E-state index contributed by atoms with van der Waals surface area (Å²) in [5.41, 5.74) is 5.76. The molecule has 5 nitrogen and oxygen atoms in total. The van der Waals surface area contributed by atoms with Crippen LogP contribution in [0.2, 0.25) is 0 Å². The molecule has 3 aliphatic rings. The standard InChI is InChI=1S/C30H37N3O2/c1-2-18-31-29(34)27-17-16-24-22(12-9-14-26(24)27)10-5-7-19-32-20-8-6-15-28(32)33-21-23-11-3-4-13-25(23)30(33)35/h3-4,9,11-14,16-17,27-28H,2,5-8,10,15,18-21H2,1H3,(H,31,34). The summed E-state index contributed by atoms with van der Waals surface area (Å²) in [6.45, 7) is 5.64. The predicted molar refractivity (Wildman–Crippen MR) is 140 cm³/mol. The first-order chi connectivity index (χ1) is 17.2. The Balaban J connectivity index is 1.17. The summed E-state index contributed by atoms with van der Waals surface area (Å²) in [5.74, 6) is 0.142. The molecule has 0 spiro atoms. The van der Waals surface area contributed by atoms with E-state index in [0.29, 0.717) is 0 Å². The highest BCUT2D eigenvalue weighted by atomic mass is 16.2. The fourth-order valence-electron chi connectivity index (χ4n) is 5.94. The molecule has 1 fully saturated rings. The number of nitrogens with zero attached hydrogens (tertiary/aromatic N) is 2. The summed E-state index contributed by atoms with van der Waals surface area (Å²) in [6, 6.07) is 14.5. The molecule has 0 aromatic heterocycles. The molecular weight excluding hydrogens is 434 g/mol. The van der Waals surface area contributed by atoms with Gasteiger partial charge in [0.05, 0.1) is 12.1 Å². The van der Waals surface area contributed by atoms with Crippen molar-refractivity contribution in [3.8, 4) is 0 Å². The van der Waals surface area contributed by atoms with E-state index < -0.39 is 0 Å². The first-order valence-electron chi connectivity index (χ1n) is 13.4. The third-order valence-corrected chi connectivity index (χ3v) is 7.78. The van der Waals surface area contributed by atoms with Crippen LogP contribution in [0, 0.1) is 0 Å². The Kier molecular flexibility index (Phi) is 7.33. The van der Waals surface area contributed by atoms with Crippen LogP contribution < -0.4 is 5.32 Å². The molecule has 0 bridgehead atoms. The number of rotatable bonds is 9. The van der Waals surface area contributed by atoms with E-state index in [9.17, 15) is 9.59 Å². The highest BCUT2D eigenvalue weighted by molar-refractivity contribution is 5.98. The van der Waals surface area contributed by atoms with E-state index in [1.165, 1.54) is 24.0 Å². The molecule has 5 heteroatoms. The minimum atomic E-state index is -0.160. The van der Waals surface area contributed by atoms with Crippen LogP contribution in [0.25, 0.3) is 6.08 Å². The van der Waals surface area contributed by atoms with Gasteiger partial charge in [-0.15, -0.1) is 0 Å². The van der Waals surface area contributed by atoms with Gasteiger partial charge in [-0.3, -0.25) is 14.5 Å². The highest BCUT2D eigenvalue weighted by Gasteiger charge is 2.36. The van der Waals surface area contributed by atoms with Gasteiger partial charge in [0.2, 0.25) is 5.91 Å². The minimum absolute atomic E-state index is 0.105. The molecule has 0 radical (unpaired) electrons. The SMILES string of the molecule is CCCNC(=O)C1C=Cc2c(CCCCN3CCCCC3N3Cc4ccccc4C3=O)cccc21. The molecule has 1 aliphatic carbocycles. The summed E-state index contributed by atoms with van der Waals surface area (Å²) in [4.78, 5) is 30.3. The second-order valence-corrected chi connectivity index (χ2v) is 10.1. The number of aryl methyl sites for hydroxylation is 1. The second-order valence-electron chi connectivity index (χ2n) is 10.1. The molecule has 35 heavy (non-hydrogen) atoms. The summed E-state index contributed by atoms with van der Waals surface area (Å²) in [5, 5.41) is 3.04. The van der Waals surface area contributed by atoms with Crippen LogP contribution in [0.1, 0.15) is 84.0 Å². The van der Waals surface area contributed by atoms with E-state index in [1.54, 1.807) is 0 Å². The zero-order valence-corrected chi connectivity index (χ0v) is 20.8. The highest BCUT2D eigenvalue weighted by Crippen LogP contribution is 2.34. The van der Waals surface area contributed by atoms with E-state index >= 15 is 0 Å². The van der Waals surface area contributed by atoms with Crippen molar-refractivity contribution in [1.82, 2.24) is 15.1 Å². The van der Waals surface area contributed by atoms with E-state index in [-0.39, 0.29) is 23.9 Å². The average molecular weight is 472 g/mol. The first-order valence-corrected chi connectivity index (χ1v) is 13.4. The lowest BCUT2D eigenvalue weighted by Gasteiger charge is -2.41. The quantitative estimate of drug-likeness (QED) is 0.517. The molecule has 184 valence electrons. The van der Waals surface area contributed by atoms with Gasteiger partial charge in [-0.25, -0.2) is 0 Å². The van der Waals surface area contributed by atoms with Crippen LogP contribution in [0.4, 0.5) is 0 Å². The molecule has 1 N–H and O–H groups in total.